The van der Waals surface area contributed by atoms with Gasteiger partial charge < -0.3 is 62.0 Å². The summed E-state index contributed by atoms with van der Waals surface area (Å²) in [6, 6.07) is 0. The molecule has 0 N–H and O–H groups in total. The molecule has 0 bridgehead atoms. The maximum absolute atomic E-state index is 0. The van der Waals surface area contributed by atoms with Crippen molar-refractivity contribution in [2.45, 2.75) is 0 Å². The zero-order valence-electron chi connectivity index (χ0n) is 4.24. The van der Waals surface area contributed by atoms with Crippen LogP contribution in [0.5, 0.6) is 0 Å². The molecular weight excluding hydrogens is 357 g/mol. The zero-order chi connectivity index (χ0) is 0. The van der Waals surface area contributed by atoms with E-state index in [-0.39, 0.29) is 184 Å². The fraction of sp³-hybridized carbons (Fsp3) is 0. The van der Waals surface area contributed by atoms with Crippen molar-refractivity contribution in [2.24, 2.45) is 0 Å². The fourth-order valence-corrected chi connectivity index (χ4v) is 0. The average molecular weight is 357 g/mol. The summed E-state index contributed by atoms with van der Waals surface area (Å²) in [6.07, 6.45) is 0. The van der Waals surface area contributed by atoms with Gasteiger partial charge in [0.1, 0.15) is 0 Å². The second-order valence-corrected chi connectivity index (χ2v) is 0. The van der Waals surface area contributed by atoms with E-state index in [9.17, 15) is 0 Å². The third-order valence-corrected chi connectivity index (χ3v) is 0. The predicted octanol–water partition coefficient (Wildman–Crippen LogP) is -21.0. The number of hydrogen-bond acceptors (Lipinski definition) is 0. The Morgan fingerprint density at radius 1 is 0.375 bits per heavy atom. The Bertz CT molecular complexity index is 10.4. The monoisotopic (exact) mass is 355 g/mol. The van der Waals surface area contributed by atoms with Gasteiger partial charge in [0, 0.05) is 0 Å². The predicted molar refractivity (Wildman–Crippen MR) is 0 cm³/mol. The first-order valence-corrected chi connectivity index (χ1v) is 0. The molecule has 0 saturated heterocycles. The molecule has 8 heteroatoms. The summed E-state index contributed by atoms with van der Waals surface area (Å²) in [5.74, 6) is 0. The minimum absolute atomic E-state index is 0. The van der Waals surface area contributed by atoms with E-state index in [1.54, 1.807) is 0 Å². The molecule has 0 nitrogen and oxygen atoms in total. The first-order chi connectivity index (χ1) is 0. The summed E-state index contributed by atoms with van der Waals surface area (Å²) in [5, 5.41) is 0. The molecule has 0 heterocycles. The molecule has 0 aliphatic rings. The van der Waals surface area contributed by atoms with Crippen LogP contribution in [-0.4, -0.2) is 0 Å². The normalized spacial score (nSPS) is 0. The van der Waals surface area contributed by atoms with Gasteiger partial charge >= 0.3 is 122 Å². The SMILES string of the molecule is [Cl-].[Cl-].[Cl-].[Cl-].[Cl-].[K+].[K+].[Ru+3]. The van der Waals surface area contributed by atoms with Crippen LogP contribution in [0.15, 0.2) is 0 Å². The van der Waals surface area contributed by atoms with Crippen molar-refractivity contribution in [3.63, 3.8) is 0 Å². The van der Waals surface area contributed by atoms with Crippen LogP contribution in [0.4, 0.5) is 0 Å². The van der Waals surface area contributed by atoms with Gasteiger partial charge in [-0.2, -0.15) is 0 Å². The molecule has 1 radical (unpaired) electrons. The van der Waals surface area contributed by atoms with Crippen LogP contribution in [0.25, 0.3) is 0 Å². The van der Waals surface area contributed by atoms with E-state index in [0.29, 0.717) is 0 Å². The maximum atomic E-state index is 0. The van der Waals surface area contributed by atoms with Gasteiger partial charge in [-0.05, 0) is 0 Å². The second kappa shape index (κ2) is 55.6. The molecule has 45 valence electrons. The quantitative estimate of drug-likeness (QED) is 0.378. The van der Waals surface area contributed by atoms with Gasteiger partial charge in [-0.25, -0.2) is 0 Å². The molecule has 0 aromatic carbocycles. The summed E-state index contributed by atoms with van der Waals surface area (Å²) in [7, 11) is 0. The molecule has 0 unspecified atom stereocenters. The molecular formula is Cl5K2Ru. The van der Waals surface area contributed by atoms with Crippen molar-refractivity contribution in [3.05, 3.63) is 0 Å². The Hall–Kier alpha value is 5.35. The Kier molecular flexibility index (Phi) is 495. The average Bonchev–Trinajstić information content (AvgIpc) is 0. The second-order valence-electron chi connectivity index (χ2n) is 0. The standard InChI is InChI=1S/5ClH.2K.Ru/h5*1H;;;/q;;;;;2*+1;+3/p-5. The van der Waals surface area contributed by atoms with E-state index >= 15 is 0 Å². The van der Waals surface area contributed by atoms with Crippen molar-refractivity contribution in [1.82, 2.24) is 0 Å². The largest absolute Gasteiger partial charge is 3.00 e. The summed E-state index contributed by atoms with van der Waals surface area (Å²) >= 11 is 0. The number of halogens is 5. The smallest absolute Gasteiger partial charge is 1.00 e. The summed E-state index contributed by atoms with van der Waals surface area (Å²) in [4.78, 5) is 0. The number of hydrogen-bond donors (Lipinski definition) is 0. The van der Waals surface area contributed by atoms with Gasteiger partial charge in [-0.1, -0.05) is 0 Å². The van der Waals surface area contributed by atoms with Crippen molar-refractivity contribution >= 4 is 0 Å². The first-order valence-electron chi connectivity index (χ1n) is 0. The van der Waals surface area contributed by atoms with Crippen molar-refractivity contribution < 1.29 is 184 Å². The van der Waals surface area contributed by atoms with Crippen LogP contribution in [0.3, 0.4) is 0 Å². The van der Waals surface area contributed by atoms with Crippen LogP contribution in [0, 0.1) is 0 Å². The van der Waals surface area contributed by atoms with Crippen molar-refractivity contribution in [3.8, 4) is 0 Å². The molecule has 0 aromatic heterocycles. The summed E-state index contributed by atoms with van der Waals surface area (Å²) in [6.45, 7) is 0. The molecule has 8 heavy (non-hydrogen) atoms. The summed E-state index contributed by atoms with van der Waals surface area (Å²) < 4.78 is 0. The minimum Gasteiger partial charge on any atom is -1.00 e. The molecule has 0 fully saturated rings. The Labute approximate surface area is 179 Å². The van der Waals surface area contributed by atoms with Crippen molar-refractivity contribution in [2.75, 3.05) is 0 Å². The van der Waals surface area contributed by atoms with Crippen LogP contribution >= 0.6 is 0 Å². The van der Waals surface area contributed by atoms with Crippen LogP contribution in [-0.2, 0) is 19.5 Å². The Morgan fingerprint density at radius 2 is 0.375 bits per heavy atom. The van der Waals surface area contributed by atoms with Crippen LogP contribution in [0.1, 0.15) is 0 Å². The van der Waals surface area contributed by atoms with E-state index in [2.05, 4.69) is 0 Å². The van der Waals surface area contributed by atoms with E-state index in [1.807, 2.05) is 0 Å². The first kappa shape index (κ1) is 71.2. The maximum Gasteiger partial charge on any atom is 3.00 e. The molecule has 0 saturated carbocycles. The molecule has 0 amide bonds. The van der Waals surface area contributed by atoms with Crippen LogP contribution < -0.4 is 165 Å². The van der Waals surface area contributed by atoms with Gasteiger partial charge in [0.15, 0.2) is 0 Å². The van der Waals surface area contributed by atoms with E-state index in [1.165, 1.54) is 0 Å². The fourth-order valence-electron chi connectivity index (χ4n) is 0. The third-order valence-electron chi connectivity index (χ3n) is 0. The summed E-state index contributed by atoms with van der Waals surface area (Å²) in [5.41, 5.74) is 0. The molecule has 0 aromatic rings. The van der Waals surface area contributed by atoms with Gasteiger partial charge in [-0.3, -0.25) is 0 Å². The zero-order valence-corrected chi connectivity index (χ0v) is 16.0. The third kappa shape index (κ3) is 42.5. The minimum atomic E-state index is 0. The molecule has 0 rings (SSSR count). The molecule has 0 spiro atoms. The number of rotatable bonds is 0. The van der Waals surface area contributed by atoms with E-state index < -0.39 is 0 Å². The molecule has 0 aliphatic heterocycles. The molecule has 0 aliphatic carbocycles. The van der Waals surface area contributed by atoms with E-state index in [4.69, 9.17) is 0 Å². The van der Waals surface area contributed by atoms with Gasteiger partial charge in [-0.15, -0.1) is 0 Å². The molecule has 0 atom stereocenters. The van der Waals surface area contributed by atoms with E-state index in [0.717, 1.165) is 0 Å². The Balaban J connectivity index is 0. The van der Waals surface area contributed by atoms with Gasteiger partial charge in [0.05, 0.1) is 0 Å². The topological polar surface area (TPSA) is 0 Å². The van der Waals surface area contributed by atoms with Gasteiger partial charge in [0.2, 0.25) is 0 Å². The Morgan fingerprint density at radius 3 is 0.375 bits per heavy atom. The van der Waals surface area contributed by atoms with Gasteiger partial charge in [0.25, 0.3) is 0 Å². The van der Waals surface area contributed by atoms with Crippen molar-refractivity contribution in [1.29, 1.82) is 0 Å². The van der Waals surface area contributed by atoms with Crippen LogP contribution in [0.2, 0.25) is 0 Å².